The topological polar surface area (TPSA) is 60.9 Å². The number of para-hydroxylation sites is 1. The summed E-state index contributed by atoms with van der Waals surface area (Å²) in [6.07, 6.45) is 2.40. The summed E-state index contributed by atoms with van der Waals surface area (Å²) in [5, 5.41) is -0.422. The Hall–Kier alpha value is -2.80. The van der Waals surface area contributed by atoms with Gasteiger partial charge < -0.3 is 14.7 Å². The average molecular weight is 506 g/mol. The van der Waals surface area contributed by atoms with Gasteiger partial charge in [0, 0.05) is 38.8 Å². The minimum absolute atomic E-state index is 0.0142. The zero-order valence-electron chi connectivity index (χ0n) is 21.4. The molecule has 2 saturated heterocycles. The smallest absolute Gasteiger partial charge is 0.237 e. The summed E-state index contributed by atoms with van der Waals surface area (Å²) in [5.74, 6) is 0.713. The number of piperidine rings is 1. The van der Waals surface area contributed by atoms with Crippen LogP contribution in [0.5, 0.6) is 0 Å². The molecule has 190 valence electrons. The molecular weight excluding hydrogens is 470 g/mol. The first kappa shape index (κ1) is 24.9. The van der Waals surface area contributed by atoms with Gasteiger partial charge in [-0.3, -0.25) is 14.4 Å². The molecular formula is C29H35N3O3S. The number of likely N-dealkylation sites (tertiary alicyclic amines) is 1. The molecule has 6 nitrogen and oxygen atoms in total. The third-order valence-corrected chi connectivity index (χ3v) is 9.47. The molecule has 0 aromatic heterocycles. The zero-order valence-corrected chi connectivity index (χ0v) is 22.2. The van der Waals surface area contributed by atoms with E-state index in [1.165, 1.54) is 0 Å². The normalized spacial score (nSPS) is 23.2. The van der Waals surface area contributed by atoms with Crippen molar-refractivity contribution in [3.63, 3.8) is 0 Å². The van der Waals surface area contributed by atoms with Gasteiger partial charge in [-0.1, -0.05) is 62.4 Å². The second kappa shape index (κ2) is 9.92. The van der Waals surface area contributed by atoms with Crippen molar-refractivity contribution in [3.05, 3.63) is 65.7 Å². The molecule has 2 aromatic rings. The second-order valence-corrected chi connectivity index (χ2v) is 11.9. The van der Waals surface area contributed by atoms with Gasteiger partial charge in [0.15, 0.2) is 0 Å². The van der Waals surface area contributed by atoms with Gasteiger partial charge in [-0.15, -0.1) is 11.8 Å². The summed E-state index contributed by atoms with van der Waals surface area (Å²) in [6, 6.07) is 18.1. The Labute approximate surface area is 218 Å². The SMILES string of the molecule is CC(C)CCN1C(=O)C(CC(=O)N2CCC3(CC2)C(=O)N(C)c2ccccc23)SC1c1ccccc1. The Bertz CT molecular complexity index is 1140. The highest BCUT2D eigenvalue weighted by molar-refractivity contribution is 8.01. The fourth-order valence-electron chi connectivity index (χ4n) is 5.85. The van der Waals surface area contributed by atoms with Gasteiger partial charge >= 0.3 is 0 Å². The molecule has 3 amide bonds. The van der Waals surface area contributed by atoms with Gasteiger partial charge in [-0.2, -0.15) is 0 Å². The number of amides is 3. The number of fused-ring (bicyclic) bond motifs is 2. The van der Waals surface area contributed by atoms with Crippen molar-refractivity contribution in [2.24, 2.45) is 5.92 Å². The maximum atomic E-state index is 13.4. The molecule has 2 aromatic carbocycles. The Morgan fingerprint density at radius 2 is 1.69 bits per heavy atom. The molecule has 0 bridgehead atoms. The fraction of sp³-hybridized carbons (Fsp3) is 0.483. The van der Waals surface area contributed by atoms with Crippen LogP contribution in [0, 0.1) is 5.92 Å². The largest absolute Gasteiger partial charge is 0.343 e. The van der Waals surface area contributed by atoms with Gasteiger partial charge in [0.1, 0.15) is 5.37 Å². The molecule has 0 radical (unpaired) electrons. The molecule has 1 spiro atoms. The van der Waals surface area contributed by atoms with Gasteiger partial charge in [0.2, 0.25) is 17.7 Å². The van der Waals surface area contributed by atoms with Crippen molar-refractivity contribution in [2.45, 2.75) is 55.6 Å². The number of hydrogen-bond donors (Lipinski definition) is 0. The van der Waals surface area contributed by atoms with Crippen LogP contribution in [0.15, 0.2) is 54.6 Å². The van der Waals surface area contributed by atoms with Crippen molar-refractivity contribution in [1.29, 1.82) is 0 Å². The summed E-state index contributed by atoms with van der Waals surface area (Å²) in [7, 11) is 1.84. The molecule has 36 heavy (non-hydrogen) atoms. The first-order chi connectivity index (χ1) is 17.3. The summed E-state index contributed by atoms with van der Waals surface area (Å²) < 4.78 is 0. The van der Waals surface area contributed by atoms with Crippen molar-refractivity contribution in [2.75, 3.05) is 31.6 Å². The Morgan fingerprint density at radius 1 is 1.03 bits per heavy atom. The van der Waals surface area contributed by atoms with E-state index in [0.29, 0.717) is 38.4 Å². The monoisotopic (exact) mass is 505 g/mol. The third-order valence-electron chi connectivity index (χ3n) is 7.99. The van der Waals surface area contributed by atoms with E-state index in [-0.39, 0.29) is 34.8 Å². The van der Waals surface area contributed by atoms with E-state index >= 15 is 0 Å². The van der Waals surface area contributed by atoms with Crippen molar-refractivity contribution < 1.29 is 14.4 Å². The zero-order chi connectivity index (χ0) is 25.4. The minimum atomic E-state index is -0.536. The summed E-state index contributed by atoms with van der Waals surface area (Å²) >= 11 is 1.60. The van der Waals surface area contributed by atoms with Crippen LogP contribution in [0.3, 0.4) is 0 Å². The summed E-state index contributed by atoms with van der Waals surface area (Å²) in [6.45, 7) is 6.12. The molecule has 5 rings (SSSR count). The van der Waals surface area contributed by atoms with Crippen LogP contribution in [0.2, 0.25) is 0 Å². The molecule has 3 heterocycles. The number of nitrogens with zero attached hydrogens (tertiary/aromatic N) is 3. The lowest BCUT2D eigenvalue weighted by molar-refractivity contribution is -0.138. The van der Waals surface area contributed by atoms with E-state index in [1.54, 1.807) is 16.7 Å². The number of thioether (sulfide) groups is 1. The standard InChI is InChI=1S/C29H35N3O3S/c1-20(2)13-16-32-26(34)24(36-27(32)21-9-5-4-6-10-21)19-25(33)31-17-14-29(15-18-31)22-11-7-8-12-23(22)30(3)28(29)35/h4-12,20,24,27H,13-19H2,1-3H3. The number of hydrogen-bond acceptors (Lipinski definition) is 4. The molecule has 2 unspecified atom stereocenters. The second-order valence-electron chi connectivity index (χ2n) is 10.7. The van der Waals surface area contributed by atoms with Crippen LogP contribution < -0.4 is 4.90 Å². The van der Waals surface area contributed by atoms with Crippen LogP contribution in [0.4, 0.5) is 5.69 Å². The molecule has 0 aliphatic carbocycles. The van der Waals surface area contributed by atoms with Crippen LogP contribution in [0.1, 0.15) is 56.0 Å². The Kier molecular flexibility index (Phi) is 6.86. The quantitative estimate of drug-likeness (QED) is 0.576. The van der Waals surface area contributed by atoms with Gasteiger partial charge in [0.05, 0.1) is 10.7 Å². The maximum Gasteiger partial charge on any atom is 0.237 e. The van der Waals surface area contributed by atoms with Gasteiger partial charge in [-0.25, -0.2) is 0 Å². The number of carbonyl (C=O) groups excluding carboxylic acids is 3. The molecule has 2 fully saturated rings. The van der Waals surface area contributed by atoms with E-state index in [2.05, 4.69) is 32.0 Å². The molecule has 3 aliphatic rings. The summed E-state index contributed by atoms with van der Waals surface area (Å²) in [5.41, 5.74) is 2.63. The number of rotatable bonds is 6. The molecule has 3 aliphatic heterocycles. The third kappa shape index (κ3) is 4.32. The van der Waals surface area contributed by atoms with Gasteiger partial charge in [0.25, 0.3) is 0 Å². The predicted octanol–water partition coefficient (Wildman–Crippen LogP) is 4.60. The Balaban J connectivity index is 1.26. The highest BCUT2D eigenvalue weighted by atomic mass is 32.2. The van der Waals surface area contributed by atoms with E-state index < -0.39 is 5.41 Å². The van der Waals surface area contributed by atoms with E-state index in [9.17, 15) is 14.4 Å². The fourth-order valence-corrected chi connectivity index (χ4v) is 7.32. The highest BCUT2D eigenvalue weighted by Crippen LogP contribution is 2.48. The summed E-state index contributed by atoms with van der Waals surface area (Å²) in [4.78, 5) is 45.6. The average Bonchev–Trinajstić information content (AvgIpc) is 3.31. The van der Waals surface area contributed by atoms with Crippen LogP contribution >= 0.6 is 11.8 Å². The first-order valence-electron chi connectivity index (χ1n) is 13.0. The number of carbonyl (C=O) groups is 3. The molecule has 2 atom stereocenters. The lowest BCUT2D eigenvalue weighted by Gasteiger charge is -2.38. The number of benzene rings is 2. The highest BCUT2D eigenvalue weighted by Gasteiger charge is 2.51. The van der Waals surface area contributed by atoms with E-state index in [1.807, 2.05) is 53.2 Å². The van der Waals surface area contributed by atoms with Crippen molar-refractivity contribution >= 4 is 35.2 Å². The minimum Gasteiger partial charge on any atom is -0.343 e. The van der Waals surface area contributed by atoms with Crippen molar-refractivity contribution in [1.82, 2.24) is 9.80 Å². The molecule has 0 N–H and O–H groups in total. The number of likely N-dealkylation sites (N-methyl/N-ethyl adjacent to an activating group) is 1. The predicted molar refractivity (Wildman–Crippen MR) is 144 cm³/mol. The van der Waals surface area contributed by atoms with E-state index in [4.69, 9.17) is 0 Å². The van der Waals surface area contributed by atoms with Crippen LogP contribution in [-0.2, 0) is 19.8 Å². The molecule has 0 saturated carbocycles. The van der Waals surface area contributed by atoms with Crippen molar-refractivity contribution in [3.8, 4) is 0 Å². The molecule has 7 heteroatoms. The van der Waals surface area contributed by atoms with Gasteiger partial charge in [-0.05, 0) is 42.4 Å². The van der Waals surface area contributed by atoms with E-state index in [0.717, 1.165) is 23.2 Å². The van der Waals surface area contributed by atoms with Crippen LogP contribution in [0.25, 0.3) is 0 Å². The van der Waals surface area contributed by atoms with Crippen LogP contribution in [-0.4, -0.2) is 59.5 Å². The first-order valence-corrected chi connectivity index (χ1v) is 13.9. The number of anilines is 1. The lowest BCUT2D eigenvalue weighted by Crippen LogP contribution is -2.50. The Morgan fingerprint density at radius 3 is 2.39 bits per heavy atom. The lowest BCUT2D eigenvalue weighted by atomic mass is 9.73. The maximum absolute atomic E-state index is 13.4.